The van der Waals surface area contributed by atoms with Gasteiger partial charge in [-0.3, -0.25) is 0 Å². The molecule has 2 nitrogen and oxygen atoms in total. The van der Waals surface area contributed by atoms with E-state index in [0.717, 1.165) is 12.1 Å². The van der Waals surface area contributed by atoms with Gasteiger partial charge in [0.25, 0.3) is 0 Å². The van der Waals surface area contributed by atoms with Gasteiger partial charge in [-0.2, -0.15) is 11.8 Å². The first kappa shape index (κ1) is 13.7. The van der Waals surface area contributed by atoms with E-state index in [4.69, 9.17) is 11.6 Å². The van der Waals surface area contributed by atoms with Crippen molar-refractivity contribution in [2.24, 2.45) is 0 Å². The van der Waals surface area contributed by atoms with Crippen LogP contribution >= 0.6 is 23.4 Å². The fourth-order valence-electron chi connectivity index (χ4n) is 1.28. The first-order valence-electron chi connectivity index (χ1n) is 5.18. The minimum atomic E-state index is 0.191. The maximum Gasteiger partial charge on any atom is 0.121 e. The second kappa shape index (κ2) is 5.80. The van der Waals surface area contributed by atoms with Gasteiger partial charge in [0.05, 0.1) is 0 Å². The summed E-state index contributed by atoms with van der Waals surface area (Å²) in [5.74, 6) is 0.252. The smallest absolute Gasteiger partial charge is 0.121 e. The predicted molar refractivity (Wildman–Crippen MR) is 72.4 cm³/mol. The van der Waals surface area contributed by atoms with Crippen LogP contribution in [0.25, 0.3) is 0 Å². The van der Waals surface area contributed by atoms with E-state index in [2.05, 4.69) is 25.4 Å². The quantitative estimate of drug-likeness (QED) is 0.851. The van der Waals surface area contributed by atoms with Gasteiger partial charge in [0.15, 0.2) is 0 Å². The third-order valence-corrected chi connectivity index (χ3v) is 4.10. The molecule has 0 aliphatic rings. The number of hydrogen-bond acceptors (Lipinski definition) is 3. The molecule has 0 bridgehead atoms. The Hall–Kier alpha value is -0.380. The van der Waals surface area contributed by atoms with Crippen molar-refractivity contribution < 1.29 is 5.11 Å². The highest BCUT2D eigenvalue weighted by molar-refractivity contribution is 7.99. The summed E-state index contributed by atoms with van der Waals surface area (Å²) in [5, 5.41) is 13.6. The molecular formula is C12H18ClNOS. The number of halogens is 1. The summed E-state index contributed by atoms with van der Waals surface area (Å²) in [6.45, 7) is 5.82. The van der Waals surface area contributed by atoms with E-state index in [9.17, 15) is 5.11 Å². The molecule has 0 aliphatic heterocycles. The Kier molecular flexibility index (Phi) is 4.96. The fourth-order valence-corrected chi connectivity index (χ4v) is 1.77. The number of hydrogen-bond donors (Lipinski definition) is 2. The molecule has 16 heavy (non-hydrogen) atoms. The molecular weight excluding hydrogens is 242 g/mol. The molecule has 0 spiro atoms. The number of phenolic OH excluding ortho intramolecular Hbond substituents is 1. The minimum Gasteiger partial charge on any atom is -0.508 e. The van der Waals surface area contributed by atoms with Crippen LogP contribution in [0, 0.1) is 0 Å². The highest BCUT2D eigenvalue weighted by Crippen LogP contribution is 2.25. The van der Waals surface area contributed by atoms with Crippen LogP contribution in [0.3, 0.4) is 0 Å². The first-order chi connectivity index (χ1) is 7.46. The molecule has 4 heteroatoms. The van der Waals surface area contributed by atoms with Gasteiger partial charge in [0.2, 0.25) is 0 Å². The minimum absolute atomic E-state index is 0.191. The number of phenols is 1. The van der Waals surface area contributed by atoms with E-state index in [-0.39, 0.29) is 10.5 Å². The Balaban J connectivity index is 2.56. The van der Waals surface area contributed by atoms with E-state index in [1.165, 1.54) is 0 Å². The van der Waals surface area contributed by atoms with Crippen LogP contribution in [-0.2, 0) is 6.54 Å². The Morgan fingerprint density at radius 3 is 2.69 bits per heavy atom. The van der Waals surface area contributed by atoms with E-state index in [1.54, 1.807) is 18.2 Å². The van der Waals surface area contributed by atoms with Crippen molar-refractivity contribution in [2.75, 3.05) is 12.8 Å². The van der Waals surface area contributed by atoms with Gasteiger partial charge in [-0.15, -0.1) is 0 Å². The molecule has 0 aliphatic carbocycles. The van der Waals surface area contributed by atoms with Crippen molar-refractivity contribution in [3.8, 4) is 5.75 Å². The molecule has 0 saturated heterocycles. The molecule has 90 valence electrons. The number of rotatable bonds is 5. The van der Waals surface area contributed by atoms with E-state index in [1.807, 2.05) is 11.8 Å². The number of nitrogens with one attached hydrogen (secondary N) is 1. The van der Waals surface area contributed by atoms with E-state index >= 15 is 0 Å². The van der Waals surface area contributed by atoms with Gasteiger partial charge in [0.1, 0.15) is 5.75 Å². The molecule has 0 fully saturated rings. The molecule has 0 heterocycles. The molecule has 0 aromatic heterocycles. The molecule has 0 radical (unpaired) electrons. The SMILES string of the molecule is CSC(C)(C)CNCc1c(O)cccc1Cl. The van der Waals surface area contributed by atoms with Gasteiger partial charge in [0, 0.05) is 28.4 Å². The van der Waals surface area contributed by atoms with Crippen molar-refractivity contribution in [1.82, 2.24) is 5.32 Å². The lowest BCUT2D eigenvalue weighted by Crippen LogP contribution is -2.31. The van der Waals surface area contributed by atoms with Gasteiger partial charge >= 0.3 is 0 Å². The van der Waals surface area contributed by atoms with Crippen LogP contribution in [-0.4, -0.2) is 22.7 Å². The first-order valence-corrected chi connectivity index (χ1v) is 6.79. The van der Waals surface area contributed by atoms with Gasteiger partial charge in [-0.25, -0.2) is 0 Å². The number of benzene rings is 1. The highest BCUT2D eigenvalue weighted by Gasteiger charge is 2.15. The predicted octanol–water partition coefficient (Wildman–Crippen LogP) is 3.28. The maximum atomic E-state index is 9.65. The zero-order valence-electron chi connectivity index (χ0n) is 9.88. The van der Waals surface area contributed by atoms with E-state index in [0.29, 0.717) is 11.6 Å². The van der Waals surface area contributed by atoms with Crippen LogP contribution in [0.1, 0.15) is 19.4 Å². The lowest BCUT2D eigenvalue weighted by molar-refractivity contribution is 0.463. The molecule has 1 aromatic carbocycles. The number of aromatic hydroxyl groups is 1. The third kappa shape index (κ3) is 3.89. The molecule has 0 unspecified atom stereocenters. The summed E-state index contributed by atoms with van der Waals surface area (Å²) in [5.41, 5.74) is 0.765. The van der Waals surface area contributed by atoms with Crippen LogP contribution < -0.4 is 5.32 Å². The topological polar surface area (TPSA) is 32.3 Å². The van der Waals surface area contributed by atoms with Crippen molar-refractivity contribution >= 4 is 23.4 Å². The third-order valence-electron chi connectivity index (χ3n) is 2.50. The molecule has 0 saturated carbocycles. The summed E-state index contributed by atoms with van der Waals surface area (Å²) in [6, 6.07) is 5.19. The highest BCUT2D eigenvalue weighted by atomic mass is 35.5. The Labute approximate surface area is 106 Å². The lowest BCUT2D eigenvalue weighted by Gasteiger charge is -2.22. The van der Waals surface area contributed by atoms with Gasteiger partial charge in [-0.1, -0.05) is 17.7 Å². The normalized spacial score (nSPS) is 11.8. The van der Waals surface area contributed by atoms with Crippen LogP contribution in [0.15, 0.2) is 18.2 Å². The molecule has 0 atom stereocenters. The van der Waals surface area contributed by atoms with Crippen LogP contribution in [0.4, 0.5) is 0 Å². The van der Waals surface area contributed by atoms with Gasteiger partial charge < -0.3 is 10.4 Å². The zero-order valence-corrected chi connectivity index (χ0v) is 11.5. The summed E-state index contributed by atoms with van der Waals surface area (Å²) in [4.78, 5) is 0. The van der Waals surface area contributed by atoms with Crippen LogP contribution in [0.2, 0.25) is 5.02 Å². The Bertz CT molecular complexity index is 335. The Morgan fingerprint density at radius 2 is 2.12 bits per heavy atom. The average Bonchev–Trinajstić information content (AvgIpc) is 2.22. The fraction of sp³-hybridized carbons (Fsp3) is 0.500. The standard InChI is InChI=1S/C12H18ClNOS/c1-12(2,16-3)8-14-7-9-10(13)5-4-6-11(9)15/h4-6,14-15H,7-8H2,1-3H3. The molecule has 1 rings (SSSR count). The molecule has 1 aromatic rings. The van der Waals surface area contributed by atoms with Crippen molar-refractivity contribution in [2.45, 2.75) is 25.1 Å². The van der Waals surface area contributed by atoms with Crippen molar-refractivity contribution in [3.63, 3.8) is 0 Å². The van der Waals surface area contributed by atoms with Crippen LogP contribution in [0.5, 0.6) is 5.75 Å². The maximum absolute atomic E-state index is 9.65. The zero-order chi connectivity index (χ0) is 12.2. The van der Waals surface area contributed by atoms with Gasteiger partial charge in [-0.05, 0) is 32.2 Å². The monoisotopic (exact) mass is 259 g/mol. The largest absolute Gasteiger partial charge is 0.508 e. The summed E-state index contributed by atoms with van der Waals surface area (Å²) >= 11 is 7.82. The average molecular weight is 260 g/mol. The summed E-state index contributed by atoms with van der Waals surface area (Å²) in [6.07, 6.45) is 2.09. The van der Waals surface area contributed by atoms with Crippen molar-refractivity contribution in [3.05, 3.63) is 28.8 Å². The second-order valence-electron chi connectivity index (χ2n) is 4.30. The lowest BCUT2D eigenvalue weighted by atomic mass is 10.1. The van der Waals surface area contributed by atoms with E-state index < -0.39 is 0 Å². The summed E-state index contributed by atoms with van der Waals surface area (Å²) < 4.78 is 0.191. The molecule has 0 amide bonds. The number of thioether (sulfide) groups is 1. The molecule has 2 N–H and O–H groups in total. The van der Waals surface area contributed by atoms with Crippen molar-refractivity contribution in [1.29, 1.82) is 0 Å². The second-order valence-corrected chi connectivity index (χ2v) is 6.23. The Morgan fingerprint density at radius 1 is 1.44 bits per heavy atom. The summed E-state index contributed by atoms with van der Waals surface area (Å²) in [7, 11) is 0.